The first kappa shape index (κ1) is 18.2. The van der Waals surface area contributed by atoms with Crippen molar-refractivity contribution in [3.63, 3.8) is 0 Å². The zero-order valence-corrected chi connectivity index (χ0v) is 16.9. The summed E-state index contributed by atoms with van der Waals surface area (Å²) >= 11 is 0. The van der Waals surface area contributed by atoms with E-state index in [2.05, 4.69) is 25.4 Å². The summed E-state index contributed by atoms with van der Waals surface area (Å²) in [6.45, 7) is 1.93. The summed E-state index contributed by atoms with van der Waals surface area (Å²) in [6.07, 6.45) is 5.26. The summed E-state index contributed by atoms with van der Waals surface area (Å²) in [4.78, 5) is 19.7. The number of H-pyrrole nitrogens is 1. The Balaban J connectivity index is 1.56. The lowest BCUT2D eigenvalue weighted by atomic mass is 9.86. The van der Waals surface area contributed by atoms with Crippen molar-refractivity contribution in [3.05, 3.63) is 75.5 Å². The molecular weight excluding hydrogens is 414 g/mol. The van der Waals surface area contributed by atoms with Gasteiger partial charge in [0.05, 0.1) is 22.6 Å². The highest BCUT2D eigenvalue weighted by Gasteiger charge is 2.37. The Kier molecular flexibility index (Phi) is 3.66. The van der Waals surface area contributed by atoms with Crippen molar-refractivity contribution >= 4 is 11.3 Å². The number of nitro groups is 1. The SMILES string of the molecule is Cc1[nH]nc2c1[C@@H](c1cnn(C)c1)c1c(ncn3nc(-c4ccc([N+](=O)[O-])cc4)nc13)O2. The first-order chi connectivity index (χ1) is 15.5. The number of hydrogen-bond acceptors (Lipinski definition) is 8. The van der Waals surface area contributed by atoms with Gasteiger partial charge in [0.2, 0.25) is 11.8 Å². The Morgan fingerprint density at radius 1 is 1.19 bits per heavy atom. The second-order valence-electron chi connectivity index (χ2n) is 7.52. The minimum atomic E-state index is -0.443. The maximum atomic E-state index is 11.0. The van der Waals surface area contributed by atoms with Gasteiger partial charge in [-0.25, -0.2) is 14.5 Å². The predicted octanol–water partition coefficient (Wildman–Crippen LogP) is 2.75. The van der Waals surface area contributed by atoms with Crippen LogP contribution in [0, 0.1) is 17.0 Å². The van der Waals surface area contributed by atoms with Gasteiger partial charge in [-0.3, -0.25) is 19.9 Å². The molecule has 5 heterocycles. The van der Waals surface area contributed by atoms with Crippen LogP contribution in [0.25, 0.3) is 17.0 Å². The second kappa shape index (κ2) is 6.44. The molecule has 0 saturated heterocycles. The fourth-order valence-corrected chi connectivity index (χ4v) is 4.04. The van der Waals surface area contributed by atoms with Gasteiger partial charge < -0.3 is 4.74 Å². The molecule has 0 aliphatic carbocycles. The van der Waals surface area contributed by atoms with Crippen LogP contribution in [-0.4, -0.2) is 44.5 Å². The van der Waals surface area contributed by atoms with E-state index >= 15 is 0 Å². The molecule has 0 unspecified atom stereocenters. The molecule has 0 radical (unpaired) electrons. The second-order valence-corrected chi connectivity index (χ2v) is 7.52. The maximum Gasteiger partial charge on any atom is 0.269 e. The van der Waals surface area contributed by atoms with E-state index in [1.54, 1.807) is 27.5 Å². The van der Waals surface area contributed by atoms with Crippen LogP contribution in [-0.2, 0) is 7.05 Å². The molecule has 1 N–H and O–H groups in total. The molecule has 0 bridgehead atoms. The molecule has 1 aliphatic heterocycles. The van der Waals surface area contributed by atoms with Gasteiger partial charge in [-0.15, -0.1) is 10.2 Å². The number of aromatic nitrogens is 8. The standard InChI is InChI=1S/C20H15N9O3/c1-10-14-15(12-7-22-27(2)8-12)16-18-23-17(11-3-5-13(6-4-11)29(30)31)26-28(18)9-21-19(16)32-20(14)25-24-10/h3-9,15H,1-2H3,(H,24,25)/t15-/m1/s1. The number of nitro benzene ring substituents is 1. The normalized spacial score (nSPS) is 14.8. The summed E-state index contributed by atoms with van der Waals surface area (Å²) in [5, 5.41) is 27.1. The molecule has 0 fully saturated rings. The number of rotatable bonds is 3. The van der Waals surface area contributed by atoms with Gasteiger partial charge in [-0.05, 0) is 19.1 Å². The van der Waals surface area contributed by atoms with E-state index in [0.29, 0.717) is 28.8 Å². The number of nitrogens with zero attached hydrogens (tertiary/aromatic N) is 8. The van der Waals surface area contributed by atoms with Crippen molar-refractivity contribution in [1.82, 2.24) is 39.6 Å². The van der Waals surface area contributed by atoms with E-state index in [9.17, 15) is 10.1 Å². The van der Waals surface area contributed by atoms with Crippen LogP contribution >= 0.6 is 0 Å². The third-order valence-corrected chi connectivity index (χ3v) is 5.51. The van der Waals surface area contributed by atoms with Crippen molar-refractivity contribution in [2.75, 3.05) is 0 Å². The van der Waals surface area contributed by atoms with Crippen LogP contribution in [0.2, 0.25) is 0 Å². The molecule has 5 aromatic rings. The highest BCUT2D eigenvalue weighted by Crippen LogP contribution is 2.48. The molecule has 12 heteroatoms. The smallest absolute Gasteiger partial charge is 0.269 e. The van der Waals surface area contributed by atoms with Gasteiger partial charge >= 0.3 is 0 Å². The summed E-state index contributed by atoms with van der Waals surface area (Å²) in [5.41, 5.74) is 4.68. The quantitative estimate of drug-likeness (QED) is 0.334. The molecular formula is C20H15N9O3. The van der Waals surface area contributed by atoms with Gasteiger partial charge in [0.25, 0.3) is 5.69 Å². The van der Waals surface area contributed by atoms with Crippen LogP contribution in [0.5, 0.6) is 11.8 Å². The van der Waals surface area contributed by atoms with Crippen molar-refractivity contribution in [1.29, 1.82) is 0 Å². The summed E-state index contributed by atoms with van der Waals surface area (Å²) in [6, 6.07) is 6.11. The van der Waals surface area contributed by atoms with E-state index in [1.807, 2.05) is 20.2 Å². The molecule has 0 amide bonds. The van der Waals surface area contributed by atoms with Crippen LogP contribution in [0.15, 0.2) is 43.0 Å². The van der Waals surface area contributed by atoms with Gasteiger partial charge in [0.15, 0.2) is 11.5 Å². The maximum absolute atomic E-state index is 11.0. The average molecular weight is 429 g/mol. The van der Waals surface area contributed by atoms with Crippen molar-refractivity contribution in [2.45, 2.75) is 12.8 Å². The molecule has 1 aromatic carbocycles. The van der Waals surface area contributed by atoms with E-state index in [1.165, 1.54) is 18.5 Å². The Morgan fingerprint density at radius 2 is 2.00 bits per heavy atom. The molecule has 12 nitrogen and oxygen atoms in total. The molecule has 0 spiro atoms. The lowest BCUT2D eigenvalue weighted by molar-refractivity contribution is -0.384. The number of ether oxygens (including phenoxy) is 1. The van der Waals surface area contributed by atoms with Crippen molar-refractivity contribution < 1.29 is 9.66 Å². The molecule has 158 valence electrons. The Morgan fingerprint density at radius 3 is 2.72 bits per heavy atom. The zero-order chi connectivity index (χ0) is 22.0. The van der Waals surface area contributed by atoms with Gasteiger partial charge in [-0.1, -0.05) is 0 Å². The molecule has 32 heavy (non-hydrogen) atoms. The van der Waals surface area contributed by atoms with Crippen LogP contribution in [0.3, 0.4) is 0 Å². The third kappa shape index (κ3) is 2.59. The molecule has 1 aliphatic rings. The minimum absolute atomic E-state index is 0.00423. The van der Waals surface area contributed by atoms with E-state index in [4.69, 9.17) is 9.72 Å². The van der Waals surface area contributed by atoms with Crippen LogP contribution in [0.1, 0.15) is 28.3 Å². The first-order valence-electron chi connectivity index (χ1n) is 9.71. The van der Waals surface area contributed by atoms with Crippen molar-refractivity contribution in [3.8, 4) is 23.1 Å². The lowest BCUT2D eigenvalue weighted by Crippen LogP contribution is -2.14. The van der Waals surface area contributed by atoms with Gasteiger partial charge in [0, 0.05) is 47.8 Å². The number of fused-ring (bicyclic) bond motifs is 4. The Bertz CT molecular complexity index is 1510. The molecule has 1 atom stereocenters. The number of hydrogen-bond donors (Lipinski definition) is 1. The van der Waals surface area contributed by atoms with Crippen molar-refractivity contribution in [2.24, 2.45) is 7.05 Å². The summed E-state index contributed by atoms with van der Waals surface area (Å²) in [7, 11) is 1.86. The lowest BCUT2D eigenvalue weighted by Gasteiger charge is -2.24. The zero-order valence-electron chi connectivity index (χ0n) is 16.9. The largest absolute Gasteiger partial charge is 0.418 e. The Hall–Kier alpha value is -4.61. The number of aromatic amines is 1. The predicted molar refractivity (Wildman–Crippen MR) is 110 cm³/mol. The van der Waals surface area contributed by atoms with Gasteiger partial charge in [0.1, 0.15) is 6.33 Å². The molecule has 0 saturated carbocycles. The molecule has 6 rings (SSSR count). The van der Waals surface area contributed by atoms with E-state index in [0.717, 1.165) is 22.4 Å². The number of aryl methyl sites for hydroxylation is 2. The van der Waals surface area contributed by atoms with Crippen LogP contribution < -0.4 is 4.74 Å². The fraction of sp³-hybridized carbons (Fsp3) is 0.150. The summed E-state index contributed by atoms with van der Waals surface area (Å²) in [5.74, 6) is 1.03. The number of non-ortho nitro benzene ring substituents is 1. The number of benzene rings is 1. The highest BCUT2D eigenvalue weighted by molar-refractivity contribution is 5.68. The van der Waals surface area contributed by atoms with Gasteiger partial charge in [-0.2, -0.15) is 5.10 Å². The van der Waals surface area contributed by atoms with E-state index < -0.39 is 4.92 Å². The van der Waals surface area contributed by atoms with Crippen LogP contribution in [0.4, 0.5) is 5.69 Å². The summed E-state index contributed by atoms with van der Waals surface area (Å²) < 4.78 is 9.31. The average Bonchev–Trinajstić information content (AvgIpc) is 3.51. The monoisotopic (exact) mass is 429 g/mol. The fourth-order valence-electron chi connectivity index (χ4n) is 4.04. The number of nitrogens with one attached hydrogen (secondary N) is 1. The minimum Gasteiger partial charge on any atom is -0.418 e. The topological polar surface area (TPSA) is 142 Å². The molecule has 4 aromatic heterocycles. The first-order valence-corrected chi connectivity index (χ1v) is 9.71. The third-order valence-electron chi connectivity index (χ3n) is 5.51. The highest BCUT2D eigenvalue weighted by atomic mass is 16.6. The Labute approximate surface area is 179 Å². The van der Waals surface area contributed by atoms with E-state index in [-0.39, 0.29) is 11.6 Å².